The van der Waals surface area contributed by atoms with Gasteiger partial charge in [-0.2, -0.15) is 0 Å². The zero-order valence-corrected chi connectivity index (χ0v) is 10.5. The predicted octanol–water partition coefficient (Wildman–Crippen LogP) is 1.36. The second-order valence-electron chi connectivity index (χ2n) is 4.05. The van der Waals surface area contributed by atoms with Crippen molar-refractivity contribution >= 4 is 5.91 Å². The first-order valence-electron chi connectivity index (χ1n) is 5.76. The molecule has 0 unspecified atom stereocenters. The van der Waals surface area contributed by atoms with Gasteiger partial charge in [-0.05, 0) is 37.1 Å². The minimum absolute atomic E-state index is 0.243. The van der Waals surface area contributed by atoms with E-state index in [2.05, 4.69) is 11.4 Å². The number of rotatable bonds is 7. The van der Waals surface area contributed by atoms with Crippen LogP contribution in [0.3, 0.4) is 0 Å². The molecule has 0 bridgehead atoms. The molecular formula is C13H20N2O2. The molecule has 17 heavy (non-hydrogen) atoms. The number of hydrogen-bond donors (Lipinski definition) is 2. The summed E-state index contributed by atoms with van der Waals surface area (Å²) in [5.41, 5.74) is 7.40. The topological polar surface area (TPSA) is 64.3 Å². The Hall–Kier alpha value is -1.55. The number of carbonyl (C=O) groups is 1. The van der Waals surface area contributed by atoms with Crippen molar-refractivity contribution in [1.29, 1.82) is 0 Å². The average molecular weight is 236 g/mol. The molecule has 0 fully saturated rings. The van der Waals surface area contributed by atoms with E-state index in [9.17, 15) is 4.79 Å². The lowest BCUT2D eigenvalue weighted by molar-refractivity contribution is -0.118. The normalized spacial score (nSPS) is 10.2. The number of ether oxygens (including phenoxy) is 1. The molecule has 0 spiro atoms. The van der Waals surface area contributed by atoms with Crippen LogP contribution in [0, 0.1) is 6.92 Å². The molecule has 1 amide bonds. The van der Waals surface area contributed by atoms with Gasteiger partial charge in [0.1, 0.15) is 5.75 Å². The molecule has 4 heteroatoms. The van der Waals surface area contributed by atoms with Gasteiger partial charge < -0.3 is 15.8 Å². The lowest BCUT2D eigenvalue weighted by Crippen LogP contribution is -2.18. The third kappa shape index (κ3) is 4.87. The highest BCUT2D eigenvalue weighted by Gasteiger charge is 2.00. The predicted molar refractivity (Wildman–Crippen MR) is 67.9 cm³/mol. The van der Waals surface area contributed by atoms with Gasteiger partial charge in [0.25, 0.3) is 0 Å². The van der Waals surface area contributed by atoms with Gasteiger partial charge in [0.2, 0.25) is 5.91 Å². The fourth-order valence-corrected chi connectivity index (χ4v) is 1.67. The van der Waals surface area contributed by atoms with Crippen LogP contribution in [-0.4, -0.2) is 19.6 Å². The first kappa shape index (κ1) is 13.5. The zero-order valence-electron chi connectivity index (χ0n) is 10.5. The molecule has 94 valence electrons. The Morgan fingerprint density at radius 2 is 2.24 bits per heavy atom. The lowest BCUT2D eigenvalue weighted by Gasteiger charge is -2.08. The number of aryl methyl sites for hydroxylation is 1. The number of amides is 1. The SMILES string of the molecule is COc1ccc(CNCCCC(N)=O)cc1C. The molecule has 0 aromatic heterocycles. The van der Waals surface area contributed by atoms with Gasteiger partial charge in [-0.15, -0.1) is 0 Å². The number of benzene rings is 1. The number of carbonyl (C=O) groups excluding carboxylic acids is 1. The van der Waals surface area contributed by atoms with Crippen LogP contribution in [0.4, 0.5) is 0 Å². The van der Waals surface area contributed by atoms with Crippen LogP contribution in [0.2, 0.25) is 0 Å². The first-order chi connectivity index (χ1) is 8.13. The van der Waals surface area contributed by atoms with E-state index in [4.69, 9.17) is 10.5 Å². The lowest BCUT2D eigenvalue weighted by atomic mass is 10.1. The van der Waals surface area contributed by atoms with Crippen molar-refractivity contribution in [2.75, 3.05) is 13.7 Å². The van der Waals surface area contributed by atoms with Gasteiger partial charge in [0, 0.05) is 13.0 Å². The van der Waals surface area contributed by atoms with Crippen LogP contribution < -0.4 is 15.8 Å². The highest BCUT2D eigenvalue weighted by Crippen LogP contribution is 2.18. The second-order valence-corrected chi connectivity index (χ2v) is 4.05. The summed E-state index contributed by atoms with van der Waals surface area (Å²) in [5.74, 6) is 0.662. The molecule has 0 radical (unpaired) electrons. The minimum Gasteiger partial charge on any atom is -0.496 e. The Balaban J connectivity index is 2.32. The summed E-state index contributed by atoms with van der Waals surface area (Å²) in [6.07, 6.45) is 1.22. The summed E-state index contributed by atoms with van der Waals surface area (Å²) in [6.45, 7) is 3.62. The van der Waals surface area contributed by atoms with Gasteiger partial charge >= 0.3 is 0 Å². The molecule has 1 aromatic carbocycles. The van der Waals surface area contributed by atoms with Crippen LogP contribution in [0.25, 0.3) is 0 Å². The highest BCUT2D eigenvalue weighted by atomic mass is 16.5. The highest BCUT2D eigenvalue weighted by molar-refractivity contribution is 5.73. The molecule has 0 aliphatic carbocycles. The second kappa shape index (κ2) is 6.91. The Kier molecular flexibility index (Phi) is 5.49. The van der Waals surface area contributed by atoms with E-state index in [0.717, 1.165) is 30.8 Å². The van der Waals surface area contributed by atoms with Crippen LogP contribution in [0.15, 0.2) is 18.2 Å². The summed E-state index contributed by atoms with van der Waals surface area (Å²) < 4.78 is 5.20. The van der Waals surface area contributed by atoms with Crippen molar-refractivity contribution in [1.82, 2.24) is 5.32 Å². The van der Waals surface area contributed by atoms with Crippen molar-refractivity contribution in [3.8, 4) is 5.75 Å². The van der Waals surface area contributed by atoms with Crippen LogP contribution in [0.1, 0.15) is 24.0 Å². The fourth-order valence-electron chi connectivity index (χ4n) is 1.67. The van der Waals surface area contributed by atoms with Gasteiger partial charge in [-0.3, -0.25) is 4.79 Å². The molecule has 0 saturated carbocycles. The standard InChI is InChI=1S/C13H20N2O2/c1-10-8-11(5-6-12(10)17-2)9-15-7-3-4-13(14)16/h5-6,8,15H,3-4,7,9H2,1-2H3,(H2,14,16). The monoisotopic (exact) mass is 236 g/mol. The largest absolute Gasteiger partial charge is 0.496 e. The van der Waals surface area contributed by atoms with Gasteiger partial charge in [0.05, 0.1) is 7.11 Å². The number of methoxy groups -OCH3 is 1. The zero-order chi connectivity index (χ0) is 12.7. The maximum Gasteiger partial charge on any atom is 0.217 e. The first-order valence-corrected chi connectivity index (χ1v) is 5.76. The molecular weight excluding hydrogens is 216 g/mol. The van der Waals surface area contributed by atoms with E-state index >= 15 is 0 Å². The van der Waals surface area contributed by atoms with E-state index < -0.39 is 0 Å². The van der Waals surface area contributed by atoms with E-state index in [-0.39, 0.29) is 5.91 Å². The van der Waals surface area contributed by atoms with Crippen LogP contribution in [-0.2, 0) is 11.3 Å². The summed E-state index contributed by atoms with van der Waals surface area (Å²) in [6, 6.07) is 6.10. The number of nitrogens with two attached hydrogens (primary N) is 1. The summed E-state index contributed by atoms with van der Waals surface area (Å²) in [4.78, 5) is 10.5. The third-order valence-corrected chi connectivity index (χ3v) is 2.57. The Labute approximate surface area is 102 Å². The average Bonchev–Trinajstić information content (AvgIpc) is 2.28. The summed E-state index contributed by atoms with van der Waals surface area (Å²) in [5, 5.41) is 3.27. The van der Waals surface area contributed by atoms with E-state index in [1.807, 2.05) is 19.1 Å². The summed E-state index contributed by atoms with van der Waals surface area (Å²) in [7, 11) is 1.67. The number of primary amides is 1. The van der Waals surface area contributed by atoms with E-state index in [1.165, 1.54) is 5.56 Å². The Morgan fingerprint density at radius 3 is 2.82 bits per heavy atom. The van der Waals surface area contributed by atoms with Crippen molar-refractivity contribution in [2.24, 2.45) is 5.73 Å². The van der Waals surface area contributed by atoms with E-state index in [1.54, 1.807) is 7.11 Å². The molecule has 4 nitrogen and oxygen atoms in total. The number of hydrogen-bond acceptors (Lipinski definition) is 3. The Morgan fingerprint density at radius 1 is 1.47 bits per heavy atom. The van der Waals surface area contributed by atoms with Crippen LogP contribution >= 0.6 is 0 Å². The molecule has 0 heterocycles. The quantitative estimate of drug-likeness (QED) is 0.703. The smallest absolute Gasteiger partial charge is 0.217 e. The van der Waals surface area contributed by atoms with Crippen molar-refractivity contribution in [3.05, 3.63) is 29.3 Å². The van der Waals surface area contributed by atoms with Gasteiger partial charge in [-0.25, -0.2) is 0 Å². The molecule has 1 aromatic rings. The van der Waals surface area contributed by atoms with E-state index in [0.29, 0.717) is 6.42 Å². The van der Waals surface area contributed by atoms with Crippen molar-refractivity contribution < 1.29 is 9.53 Å². The Bertz CT molecular complexity index is 378. The number of nitrogens with one attached hydrogen (secondary N) is 1. The molecule has 0 saturated heterocycles. The third-order valence-electron chi connectivity index (χ3n) is 2.57. The minimum atomic E-state index is -0.243. The van der Waals surface area contributed by atoms with Crippen molar-refractivity contribution in [3.63, 3.8) is 0 Å². The van der Waals surface area contributed by atoms with Crippen molar-refractivity contribution in [2.45, 2.75) is 26.3 Å². The molecule has 0 atom stereocenters. The fraction of sp³-hybridized carbons (Fsp3) is 0.462. The van der Waals surface area contributed by atoms with Gasteiger partial charge in [-0.1, -0.05) is 12.1 Å². The maximum atomic E-state index is 10.5. The van der Waals surface area contributed by atoms with Crippen LogP contribution in [0.5, 0.6) is 5.75 Å². The molecule has 0 aliphatic heterocycles. The molecule has 1 rings (SSSR count). The maximum absolute atomic E-state index is 10.5. The van der Waals surface area contributed by atoms with Gasteiger partial charge in [0.15, 0.2) is 0 Å². The molecule has 0 aliphatic rings. The summed E-state index contributed by atoms with van der Waals surface area (Å²) >= 11 is 0. The molecule has 3 N–H and O–H groups in total.